The van der Waals surface area contributed by atoms with Crippen molar-refractivity contribution in [1.29, 1.82) is 0 Å². The van der Waals surface area contributed by atoms with E-state index in [2.05, 4.69) is 10.3 Å². The van der Waals surface area contributed by atoms with Gasteiger partial charge in [0.15, 0.2) is 0 Å². The number of carboxylic acid groups (broad SMARTS) is 1. The van der Waals surface area contributed by atoms with Crippen LogP contribution in [-0.2, 0) is 36.2 Å². The van der Waals surface area contributed by atoms with Gasteiger partial charge in [-0.3, -0.25) is 4.68 Å². The maximum absolute atomic E-state index is 13.8. The summed E-state index contributed by atoms with van der Waals surface area (Å²) in [6.45, 7) is 2.06. The molecule has 1 aliphatic heterocycles. The quantitative estimate of drug-likeness (QED) is 0.300. The van der Waals surface area contributed by atoms with Crippen molar-refractivity contribution < 1.29 is 31.5 Å². The standard InChI is InChI=1S/C30H30F3N5O4S/c1-3-18-11-20-7-8-21(30(31,32)33)13-27(20)43(41,42)37(15-18)16-19-5-4-6-22(12-19)38-10-9-23(29(39)40)28(38)25-14-24(25)26-17-36(2)35-34-26/h4-10,12-13,17-18,24-25H,3,11,14-16H2,1-2H3,(H,39,40)/t18-,24+,25+/m0/s1. The topological polar surface area (TPSA) is 110 Å². The van der Waals surface area contributed by atoms with Gasteiger partial charge in [-0.2, -0.15) is 17.5 Å². The van der Waals surface area contributed by atoms with Gasteiger partial charge in [-0.05, 0) is 60.2 Å². The second kappa shape index (κ2) is 10.6. The molecule has 3 atom stereocenters. The number of aryl methyl sites for hydroxylation is 1. The second-order valence-corrected chi connectivity index (χ2v) is 13.2. The predicted octanol–water partition coefficient (Wildman–Crippen LogP) is 5.37. The Bertz CT molecular complexity index is 1810. The maximum atomic E-state index is 13.8. The molecule has 0 spiro atoms. The van der Waals surface area contributed by atoms with Crippen molar-refractivity contribution in [3.63, 3.8) is 0 Å². The molecule has 2 aromatic carbocycles. The second-order valence-electron chi connectivity index (χ2n) is 11.3. The lowest BCUT2D eigenvalue weighted by atomic mass is 9.96. The zero-order valence-electron chi connectivity index (χ0n) is 23.5. The molecule has 0 saturated heterocycles. The van der Waals surface area contributed by atoms with Crippen LogP contribution in [-0.4, -0.2) is 49.9 Å². The van der Waals surface area contributed by atoms with Crippen molar-refractivity contribution in [3.05, 3.63) is 94.6 Å². The fourth-order valence-corrected chi connectivity index (χ4v) is 7.82. The van der Waals surface area contributed by atoms with Gasteiger partial charge in [-0.1, -0.05) is 36.8 Å². The number of sulfonamides is 1. The highest BCUT2D eigenvalue weighted by molar-refractivity contribution is 7.89. The van der Waals surface area contributed by atoms with E-state index in [1.54, 1.807) is 42.2 Å². The van der Waals surface area contributed by atoms with E-state index < -0.39 is 27.7 Å². The van der Waals surface area contributed by atoms with Crippen LogP contribution in [0.15, 0.2) is 65.8 Å². The van der Waals surface area contributed by atoms with Gasteiger partial charge in [0.25, 0.3) is 0 Å². The molecule has 226 valence electrons. The number of aromatic nitrogens is 4. The van der Waals surface area contributed by atoms with E-state index in [9.17, 15) is 31.5 Å². The average molecular weight is 614 g/mol. The Hall–Kier alpha value is -3.97. The molecule has 3 heterocycles. The van der Waals surface area contributed by atoms with Crippen LogP contribution < -0.4 is 0 Å². The summed E-state index contributed by atoms with van der Waals surface area (Å²) in [4.78, 5) is 11.8. The van der Waals surface area contributed by atoms with Crippen LogP contribution in [0, 0.1) is 5.92 Å². The summed E-state index contributed by atoms with van der Waals surface area (Å²) in [6, 6.07) is 11.7. The van der Waals surface area contributed by atoms with Gasteiger partial charge in [-0.15, -0.1) is 5.10 Å². The van der Waals surface area contributed by atoms with Crippen LogP contribution in [0.4, 0.5) is 13.2 Å². The summed E-state index contributed by atoms with van der Waals surface area (Å²) in [5.74, 6) is -1.18. The predicted molar refractivity (Wildman–Crippen MR) is 150 cm³/mol. The molecule has 0 amide bonds. The van der Waals surface area contributed by atoms with Crippen LogP contribution in [0.3, 0.4) is 0 Å². The smallest absolute Gasteiger partial charge is 0.416 e. The first-order valence-corrected chi connectivity index (χ1v) is 15.4. The molecule has 0 unspecified atom stereocenters. The molecular formula is C30H30F3N5O4S. The van der Waals surface area contributed by atoms with Gasteiger partial charge in [0.05, 0.1) is 21.7 Å². The minimum absolute atomic E-state index is 0.0264. The average Bonchev–Trinajstić information content (AvgIpc) is 3.43. The molecular weight excluding hydrogens is 583 g/mol. The van der Waals surface area contributed by atoms with E-state index >= 15 is 0 Å². The molecule has 1 saturated carbocycles. The third kappa shape index (κ3) is 5.47. The third-order valence-electron chi connectivity index (χ3n) is 8.41. The van der Waals surface area contributed by atoms with E-state index in [1.165, 1.54) is 10.4 Å². The largest absolute Gasteiger partial charge is 0.478 e. The number of carboxylic acids is 1. The Morgan fingerprint density at radius 3 is 2.58 bits per heavy atom. The normalized spacial score (nSPS) is 21.7. The highest BCUT2D eigenvalue weighted by Gasteiger charge is 2.45. The van der Waals surface area contributed by atoms with Gasteiger partial charge in [0.1, 0.15) is 0 Å². The number of nitrogens with zero attached hydrogens (tertiary/aromatic N) is 5. The van der Waals surface area contributed by atoms with Crippen LogP contribution in [0.2, 0.25) is 0 Å². The number of rotatable bonds is 7. The highest BCUT2D eigenvalue weighted by atomic mass is 32.2. The SMILES string of the molecule is CC[C@H]1Cc2ccc(C(F)(F)F)cc2S(=O)(=O)N(Cc2cccc(-n3ccc(C(=O)O)c3[C@@H]3C[C@H]3c3cn(C)nn3)c2)C1. The number of hydrogen-bond donors (Lipinski definition) is 1. The highest BCUT2D eigenvalue weighted by Crippen LogP contribution is 2.55. The molecule has 9 nitrogen and oxygen atoms in total. The number of benzene rings is 2. The molecule has 6 rings (SSSR count). The van der Waals surface area contributed by atoms with Crippen molar-refractivity contribution in [2.45, 2.75) is 55.6 Å². The minimum atomic E-state index is -4.67. The molecule has 0 radical (unpaired) electrons. The van der Waals surface area contributed by atoms with E-state index in [0.29, 0.717) is 41.8 Å². The van der Waals surface area contributed by atoms with Crippen LogP contribution in [0.25, 0.3) is 5.69 Å². The van der Waals surface area contributed by atoms with Crippen LogP contribution in [0.1, 0.15) is 70.0 Å². The zero-order valence-corrected chi connectivity index (χ0v) is 24.3. The van der Waals surface area contributed by atoms with Crippen molar-refractivity contribution in [2.24, 2.45) is 13.0 Å². The lowest BCUT2D eigenvalue weighted by Gasteiger charge is -2.24. The fraction of sp³-hybridized carbons (Fsp3) is 0.367. The Morgan fingerprint density at radius 2 is 1.91 bits per heavy atom. The summed E-state index contributed by atoms with van der Waals surface area (Å²) in [5, 5.41) is 18.1. The van der Waals surface area contributed by atoms with E-state index in [1.807, 2.05) is 23.8 Å². The number of aromatic carboxylic acids is 1. The van der Waals surface area contributed by atoms with Gasteiger partial charge < -0.3 is 9.67 Å². The van der Waals surface area contributed by atoms with Crippen molar-refractivity contribution in [2.75, 3.05) is 6.54 Å². The molecule has 1 fully saturated rings. The van der Waals surface area contributed by atoms with Gasteiger partial charge in [-0.25, -0.2) is 13.2 Å². The number of fused-ring (bicyclic) bond motifs is 1. The number of alkyl halides is 3. The zero-order chi connectivity index (χ0) is 30.7. The number of hydrogen-bond acceptors (Lipinski definition) is 5. The van der Waals surface area contributed by atoms with Crippen molar-refractivity contribution in [3.8, 4) is 5.69 Å². The lowest BCUT2D eigenvalue weighted by Crippen LogP contribution is -2.33. The molecule has 2 aromatic heterocycles. The summed E-state index contributed by atoms with van der Waals surface area (Å²) in [5.41, 5.74) is 2.27. The summed E-state index contributed by atoms with van der Waals surface area (Å²) in [7, 11) is -2.47. The molecule has 43 heavy (non-hydrogen) atoms. The van der Waals surface area contributed by atoms with E-state index in [4.69, 9.17) is 0 Å². The van der Waals surface area contributed by atoms with Crippen LogP contribution in [0.5, 0.6) is 0 Å². The Labute approximate surface area is 246 Å². The monoisotopic (exact) mass is 613 g/mol. The molecule has 4 aromatic rings. The van der Waals surface area contributed by atoms with E-state index in [-0.39, 0.29) is 41.3 Å². The van der Waals surface area contributed by atoms with E-state index in [0.717, 1.165) is 17.8 Å². The van der Waals surface area contributed by atoms with Gasteiger partial charge in [0.2, 0.25) is 10.0 Å². The number of carbonyl (C=O) groups is 1. The summed E-state index contributed by atoms with van der Waals surface area (Å²) < 4.78 is 72.8. The summed E-state index contributed by atoms with van der Waals surface area (Å²) >= 11 is 0. The molecule has 2 aliphatic rings. The first-order chi connectivity index (χ1) is 20.4. The van der Waals surface area contributed by atoms with Gasteiger partial charge >= 0.3 is 12.1 Å². The Balaban J connectivity index is 1.34. The van der Waals surface area contributed by atoms with Crippen LogP contribution >= 0.6 is 0 Å². The van der Waals surface area contributed by atoms with Gasteiger partial charge in [0, 0.05) is 55.7 Å². The molecule has 13 heteroatoms. The molecule has 1 N–H and O–H groups in total. The third-order valence-corrected chi connectivity index (χ3v) is 10.3. The summed E-state index contributed by atoms with van der Waals surface area (Å²) in [6.07, 6.45) is 0.572. The first-order valence-electron chi connectivity index (χ1n) is 14.0. The fourth-order valence-electron chi connectivity index (χ4n) is 6.06. The first kappa shape index (κ1) is 29.1. The molecule has 1 aliphatic carbocycles. The Morgan fingerprint density at radius 1 is 1.12 bits per heavy atom. The maximum Gasteiger partial charge on any atom is 0.416 e. The number of halogens is 3. The molecule has 0 bridgehead atoms. The lowest BCUT2D eigenvalue weighted by molar-refractivity contribution is -0.137. The van der Waals surface area contributed by atoms with Crippen molar-refractivity contribution in [1.82, 2.24) is 23.9 Å². The van der Waals surface area contributed by atoms with Crippen molar-refractivity contribution >= 4 is 16.0 Å². The minimum Gasteiger partial charge on any atom is -0.478 e. The Kier molecular flexibility index (Phi) is 7.20.